The van der Waals surface area contributed by atoms with Crippen LogP contribution in [0.3, 0.4) is 0 Å². The smallest absolute Gasteiger partial charge is 0.242 e. The van der Waals surface area contributed by atoms with E-state index in [0.29, 0.717) is 28.9 Å². The van der Waals surface area contributed by atoms with Crippen LogP contribution in [0.15, 0.2) is 11.6 Å². The summed E-state index contributed by atoms with van der Waals surface area (Å²) in [6, 6.07) is -0.686. The number of hydrogen-bond donors (Lipinski definition) is 3. The van der Waals surface area contributed by atoms with Gasteiger partial charge in [0.05, 0.1) is 19.0 Å². The van der Waals surface area contributed by atoms with E-state index in [4.69, 9.17) is 0 Å². The Bertz CT molecular complexity index is 634. The highest BCUT2D eigenvalue weighted by molar-refractivity contribution is 7.13. The average molecular weight is 412 g/mol. The molecule has 1 fully saturated rings. The second-order valence-electron chi connectivity index (χ2n) is 7.37. The highest BCUT2D eigenvalue weighted by atomic mass is 32.1. The van der Waals surface area contributed by atoms with Crippen LogP contribution >= 0.6 is 11.3 Å². The van der Waals surface area contributed by atoms with E-state index < -0.39 is 6.04 Å². The molecule has 1 saturated carbocycles. The van der Waals surface area contributed by atoms with Gasteiger partial charge in [0.15, 0.2) is 5.13 Å². The van der Waals surface area contributed by atoms with E-state index in [1.165, 1.54) is 16.3 Å². The highest BCUT2D eigenvalue weighted by Crippen LogP contribution is 2.30. The van der Waals surface area contributed by atoms with Crippen molar-refractivity contribution in [2.75, 3.05) is 11.9 Å². The van der Waals surface area contributed by atoms with Gasteiger partial charge in [0.25, 0.3) is 0 Å². The molecule has 156 valence electrons. The number of anilines is 1. The summed E-state index contributed by atoms with van der Waals surface area (Å²) >= 11 is 1.31. The molecule has 1 aromatic rings. The minimum absolute atomic E-state index is 0.0247. The number of amides is 3. The lowest BCUT2D eigenvalue weighted by Crippen LogP contribution is -2.51. The van der Waals surface area contributed by atoms with Crippen molar-refractivity contribution in [3.05, 3.63) is 11.6 Å². The fourth-order valence-electron chi connectivity index (χ4n) is 3.37. The lowest BCUT2D eigenvalue weighted by atomic mass is 9.96. The third-order valence-corrected chi connectivity index (χ3v) is 5.56. The van der Waals surface area contributed by atoms with Crippen LogP contribution in [-0.4, -0.2) is 57.1 Å². The average Bonchev–Trinajstić information content (AvgIpc) is 3.33. The maximum absolute atomic E-state index is 12.5. The molecule has 1 atom stereocenters. The van der Waals surface area contributed by atoms with Crippen LogP contribution in [0.25, 0.3) is 0 Å². The monoisotopic (exact) mass is 411 g/mol. The van der Waals surface area contributed by atoms with E-state index in [1.807, 2.05) is 13.8 Å². The van der Waals surface area contributed by atoms with Crippen molar-refractivity contribution in [2.45, 2.75) is 64.5 Å². The third kappa shape index (κ3) is 7.17. The molecule has 0 bridgehead atoms. The molecule has 0 spiro atoms. The summed E-state index contributed by atoms with van der Waals surface area (Å²) < 4.78 is 0. The number of rotatable bonds is 11. The van der Waals surface area contributed by atoms with Crippen molar-refractivity contribution in [2.24, 2.45) is 5.92 Å². The summed E-state index contributed by atoms with van der Waals surface area (Å²) in [5.74, 6) is -0.222. The van der Waals surface area contributed by atoms with Gasteiger partial charge in [-0.1, -0.05) is 25.7 Å². The summed E-state index contributed by atoms with van der Waals surface area (Å²) in [6.45, 7) is 3.68. The van der Waals surface area contributed by atoms with Gasteiger partial charge >= 0.3 is 0 Å². The molecule has 1 heterocycles. The zero-order chi connectivity index (χ0) is 20.5. The Morgan fingerprint density at radius 2 is 2.07 bits per heavy atom. The molecular weight excluding hydrogens is 382 g/mol. The molecule has 1 aliphatic carbocycles. The molecule has 10 heteroatoms. The summed E-state index contributed by atoms with van der Waals surface area (Å²) in [7, 11) is 0. The number of thiazole rings is 1. The van der Waals surface area contributed by atoms with E-state index in [9.17, 15) is 19.6 Å². The summed E-state index contributed by atoms with van der Waals surface area (Å²) in [5, 5.41) is 16.9. The lowest BCUT2D eigenvalue weighted by Gasteiger charge is -2.29. The van der Waals surface area contributed by atoms with E-state index in [2.05, 4.69) is 15.7 Å². The third-order valence-electron chi connectivity index (χ3n) is 4.87. The number of nitrogens with zero attached hydrogens (tertiary/aromatic N) is 3. The SMILES string of the molecule is CC(C)N(CC(=O)Nc1nccs1)NC(=O)CC(CC1CCCC1)N(O)C=O. The second kappa shape index (κ2) is 11.1. The Morgan fingerprint density at radius 1 is 1.36 bits per heavy atom. The predicted octanol–water partition coefficient (Wildman–Crippen LogP) is 2.01. The number of hydroxylamine groups is 2. The fourth-order valence-corrected chi connectivity index (χ4v) is 3.92. The van der Waals surface area contributed by atoms with Crippen molar-refractivity contribution >= 4 is 34.7 Å². The van der Waals surface area contributed by atoms with Gasteiger partial charge in [0, 0.05) is 17.6 Å². The van der Waals surface area contributed by atoms with Crippen LogP contribution in [-0.2, 0) is 14.4 Å². The number of carbonyl (C=O) groups is 3. The maximum Gasteiger partial charge on any atom is 0.242 e. The first-order chi connectivity index (χ1) is 13.4. The van der Waals surface area contributed by atoms with Gasteiger partial charge in [-0.05, 0) is 26.2 Å². The van der Waals surface area contributed by atoms with Crippen LogP contribution in [0.5, 0.6) is 0 Å². The number of nitrogens with one attached hydrogen (secondary N) is 2. The van der Waals surface area contributed by atoms with E-state index in [1.54, 1.807) is 11.6 Å². The van der Waals surface area contributed by atoms with E-state index in [0.717, 1.165) is 25.7 Å². The number of aromatic nitrogens is 1. The minimum Gasteiger partial charge on any atom is -0.301 e. The van der Waals surface area contributed by atoms with Crippen molar-refractivity contribution in [3.8, 4) is 0 Å². The molecule has 3 amide bonds. The molecule has 1 unspecified atom stereocenters. The van der Waals surface area contributed by atoms with Crippen LogP contribution < -0.4 is 10.7 Å². The molecule has 0 aliphatic heterocycles. The molecule has 9 nitrogen and oxygen atoms in total. The molecule has 0 aromatic carbocycles. The van der Waals surface area contributed by atoms with E-state index in [-0.39, 0.29) is 30.8 Å². The van der Waals surface area contributed by atoms with Crippen LogP contribution in [0, 0.1) is 5.92 Å². The van der Waals surface area contributed by atoms with Gasteiger partial charge in [0.2, 0.25) is 18.2 Å². The first-order valence-corrected chi connectivity index (χ1v) is 10.4. The standard InChI is InChI=1S/C18H29N5O4S/c1-13(2)22(11-17(26)20-18-19-7-8-28-18)21-16(25)10-15(23(27)12-24)9-14-5-3-4-6-14/h7-8,12-15,27H,3-6,9-11H2,1-2H3,(H,21,25)(H,19,20,26). The quantitative estimate of drug-likeness (QED) is 0.291. The molecule has 2 rings (SSSR count). The van der Waals surface area contributed by atoms with Crippen LogP contribution in [0.4, 0.5) is 5.13 Å². The Hall–Kier alpha value is -2.04. The molecule has 3 N–H and O–H groups in total. The largest absolute Gasteiger partial charge is 0.301 e. The van der Waals surface area contributed by atoms with Crippen LogP contribution in [0.1, 0.15) is 52.4 Å². The number of carbonyl (C=O) groups excluding carboxylic acids is 3. The first-order valence-electron chi connectivity index (χ1n) is 9.57. The Labute approximate surface area is 169 Å². The Balaban J connectivity index is 1.89. The zero-order valence-corrected chi connectivity index (χ0v) is 17.2. The Kier molecular flexibility index (Phi) is 8.81. The molecule has 1 aliphatic rings. The highest BCUT2D eigenvalue weighted by Gasteiger charge is 2.27. The predicted molar refractivity (Wildman–Crippen MR) is 105 cm³/mol. The van der Waals surface area contributed by atoms with Gasteiger partial charge < -0.3 is 5.32 Å². The lowest BCUT2D eigenvalue weighted by molar-refractivity contribution is -0.164. The molecule has 0 radical (unpaired) electrons. The van der Waals surface area contributed by atoms with Gasteiger partial charge in [-0.3, -0.25) is 25.0 Å². The zero-order valence-electron chi connectivity index (χ0n) is 16.3. The Morgan fingerprint density at radius 3 is 2.64 bits per heavy atom. The fraction of sp³-hybridized carbons (Fsp3) is 0.667. The van der Waals surface area contributed by atoms with E-state index >= 15 is 0 Å². The molecule has 1 aromatic heterocycles. The number of hydrogen-bond acceptors (Lipinski definition) is 7. The normalized spacial score (nSPS) is 15.6. The van der Waals surface area contributed by atoms with Gasteiger partial charge in [-0.25, -0.2) is 15.1 Å². The van der Waals surface area contributed by atoms with Gasteiger partial charge in [-0.15, -0.1) is 11.3 Å². The first kappa shape index (κ1) is 22.3. The van der Waals surface area contributed by atoms with Gasteiger partial charge in [0.1, 0.15) is 0 Å². The number of hydrazine groups is 1. The topological polar surface area (TPSA) is 115 Å². The van der Waals surface area contributed by atoms with Crippen molar-refractivity contribution in [3.63, 3.8) is 0 Å². The summed E-state index contributed by atoms with van der Waals surface area (Å²) in [4.78, 5) is 39.7. The van der Waals surface area contributed by atoms with Crippen molar-refractivity contribution in [1.82, 2.24) is 20.5 Å². The maximum atomic E-state index is 12.5. The summed E-state index contributed by atoms with van der Waals surface area (Å²) in [6.07, 6.45) is 6.91. The second-order valence-corrected chi connectivity index (χ2v) is 8.27. The summed E-state index contributed by atoms with van der Waals surface area (Å²) in [5.41, 5.74) is 2.72. The van der Waals surface area contributed by atoms with Crippen LogP contribution in [0.2, 0.25) is 0 Å². The van der Waals surface area contributed by atoms with Gasteiger partial charge in [-0.2, -0.15) is 0 Å². The van der Waals surface area contributed by atoms with Crippen molar-refractivity contribution < 1.29 is 19.6 Å². The molecule has 0 saturated heterocycles. The molecule has 28 heavy (non-hydrogen) atoms. The van der Waals surface area contributed by atoms with Crippen molar-refractivity contribution in [1.29, 1.82) is 0 Å². The minimum atomic E-state index is -0.571. The molecular formula is C18H29N5O4S.